The van der Waals surface area contributed by atoms with Gasteiger partial charge in [-0.15, -0.1) is 0 Å². The zero-order valence-electron chi connectivity index (χ0n) is 19.8. The number of benzene rings is 1. The third-order valence-corrected chi connectivity index (χ3v) is 7.04. The van der Waals surface area contributed by atoms with Crippen LogP contribution in [0.1, 0.15) is 42.3 Å². The predicted molar refractivity (Wildman–Crippen MR) is 130 cm³/mol. The van der Waals surface area contributed by atoms with Crippen molar-refractivity contribution in [1.82, 2.24) is 20.1 Å². The van der Waals surface area contributed by atoms with Crippen molar-refractivity contribution < 1.29 is 18.7 Å². The molecule has 4 rings (SSSR count). The van der Waals surface area contributed by atoms with Crippen LogP contribution in [0.3, 0.4) is 0 Å². The van der Waals surface area contributed by atoms with Gasteiger partial charge in [-0.1, -0.05) is 23.7 Å². The van der Waals surface area contributed by atoms with Crippen LogP contribution < -0.4 is 5.32 Å². The number of aryl methyl sites for hydroxylation is 2. The summed E-state index contributed by atoms with van der Waals surface area (Å²) in [4.78, 5) is 19.0. The first-order valence-corrected chi connectivity index (χ1v) is 11.8. The van der Waals surface area contributed by atoms with Gasteiger partial charge in [0.05, 0.1) is 21.8 Å². The van der Waals surface area contributed by atoms with Crippen molar-refractivity contribution in [3.05, 3.63) is 69.5 Å². The van der Waals surface area contributed by atoms with E-state index in [1.54, 1.807) is 25.1 Å². The van der Waals surface area contributed by atoms with Gasteiger partial charge in [0.15, 0.2) is 0 Å². The molecule has 1 aliphatic rings. The quantitative estimate of drug-likeness (QED) is 0.400. The Labute approximate surface area is 207 Å². The SMILES string of the molecule is Cc1cc(Nc2nc(C[C@@]3(C(=O)O)CCN(Cc4cccc(Cl)c4F)[C@H](C)C3)c(F)cc2C)[nH]n1. The molecule has 3 N–H and O–H groups in total. The molecule has 0 unspecified atom stereocenters. The highest BCUT2D eigenvalue weighted by molar-refractivity contribution is 6.30. The summed E-state index contributed by atoms with van der Waals surface area (Å²) in [5, 5.41) is 20.2. The molecule has 186 valence electrons. The molecular formula is C25H28ClF2N5O2. The van der Waals surface area contributed by atoms with E-state index >= 15 is 0 Å². The molecule has 3 heterocycles. The maximum Gasteiger partial charge on any atom is 0.310 e. The van der Waals surface area contributed by atoms with E-state index in [1.165, 1.54) is 12.1 Å². The van der Waals surface area contributed by atoms with Gasteiger partial charge >= 0.3 is 5.97 Å². The number of nitrogens with one attached hydrogen (secondary N) is 2. The maximum absolute atomic E-state index is 14.9. The van der Waals surface area contributed by atoms with E-state index in [0.717, 1.165) is 5.69 Å². The number of halogens is 3. The van der Waals surface area contributed by atoms with Crippen molar-refractivity contribution >= 4 is 29.2 Å². The number of carbonyl (C=O) groups is 1. The predicted octanol–water partition coefficient (Wildman–Crippen LogP) is 5.39. The normalized spacial score (nSPS) is 20.7. The van der Waals surface area contributed by atoms with Crippen LogP contribution in [0.5, 0.6) is 0 Å². The summed E-state index contributed by atoms with van der Waals surface area (Å²) in [6.07, 6.45) is 0.517. The maximum atomic E-state index is 14.9. The van der Waals surface area contributed by atoms with E-state index in [1.807, 2.05) is 18.7 Å². The smallest absolute Gasteiger partial charge is 0.310 e. The Morgan fingerprint density at radius 2 is 2.11 bits per heavy atom. The molecule has 0 spiro atoms. The number of carboxylic acids is 1. The Morgan fingerprint density at radius 1 is 1.34 bits per heavy atom. The number of hydrogen-bond acceptors (Lipinski definition) is 5. The van der Waals surface area contributed by atoms with Gasteiger partial charge in [0.2, 0.25) is 0 Å². The molecule has 0 saturated carbocycles. The standard InChI is InChI=1S/C25H28ClF2N5O2/c1-14-9-19(27)20(29-23(14)30-21-10-15(2)31-32-21)12-25(24(34)35)7-8-33(16(3)11-25)13-17-5-4-6-18(26)22(17)28/h4-6,9-10,16H,7-8,11-13H2,1-3H3,(H,34,35)(H2,29,30,31,32)/t16-,25-/m1/s1. The van der Waals surface area contributed by atoms with Crippen LogP contribution in [0.15, 0.2) is 30.3 Å². The summed E-state index contributed by atoms with van der Waals surface area (Å²) >= 11 is 5.91. The summed E-state index contributed by atoms with van der Waals surface area (Å²) in [7, 11) is 0. The Morgan fingerprint density at radius 3 is 2.77 bits per heavy atom. The molecule has 1 aliphatic heterocycles. The molecule has 2 atom stereocenters. The molecule has 0 aliphatic carbocycles. The minimum absolute atomic E-state index is 0.0468. The lowest BCUT2D eigenvalue weighted by Gasteiger charge is -2.43. The number of H-pyrrole nitrogens is 1. The fourth-order valence-corrected chi connectivity index (χ4v) is 4.93. The van der Waals surface area contributed by atoms with Gasteiger partial charge in [0, 0.05) is 30.6 Å². The second-order valence-corrected chi connectivity index (χ2v) is 9.79. The lowest BCUT2D eigenvalue weighted by atomic mass is 9.72. The molecule has 1 aromatic carbocycles. The van der Waals surface area contributed by atoms with Crippen LogP contribution >= 0.6 is 11.6 Å². The number of aromatic amines is 1. The average Bonchev–Trinajstić information content (AvgIpc) is 3.21. The molecule has 0 amide bonds. The number of likely N-dealkylation sites (tertiary alicyclic amines) is 1. The number of pyridine rings is 1. The molecule has 3 aromatic rings. The molecule has 35 heavy (non-hydrogen) atoms. The van der Waals surface area contributed by atoms with E-state index in [2.05, 4.69) is 20.5 Å². The highest BCUT2D eigenvalue weighted by Gasteiger charge is 2.45. The zero-order chi connectivity index (χ0) is 25.3. The molecule has 0 radical (unpaired) electrons. The van der Waals surface area contributed by atoms with Gasteiger partial charge in [0.25, 0.3) is 0 Å². The second kappa shape index (κ2) is 9.91. The highest BCUT2D eigenvalue weighted by atomic mass is 35.5. The molecule has 1 saturated heterocycles. The fourth-order valence-electron chi connectivity index (χ4n) is 4.73. The molecule has 7 nitrogen and oxygen atoms in total. The number of nitrogens with zero attached hydrogens (tertiary/aromatic N) is 3. The molecule has 1 fully saturated rings. The van der Waals surface area contributed by atoms with Gasteiger partial charge in [-0.2, -0.15) is 5.10 Å². The number of anilines is 2. The zero-order valence-corrected chi connectivity index (χ0v) is 20.6. The minimum Gasteiger partial charge on any atom is -0.481 e. The van der Waals surface area contributed by atoms with Crippen LogP contribution in [-0.2, 0) is 17.8 Å². The number of piperidine rings is 1. The van der Waals surface area contributed by atoms with E-state index in [-0.39, 0.29) is 36.0 Å². The Balaban J connectivity index is 1.55. The molecule has 2 aromatic heterocycles. The van der Waals surface area contributed by atoms with Crippen LogP contribution in [0.2, 0.25) is 5.02 Å². The number of carboxylic acid groups (broad SMARTS) is 1. The van der Waals surface area contributed by atoms with Crippen LogP contribution in [0.25, 0.3) is 0 Å². The number of aliphatic carboxylic acids is 1. The minimum atomic E-state index is -1.19. The third kappa shape index (κ3) is 5.31. The lowest BCUT2D eigenvalue weighted by Crippen LogP contribution is -2.50. The first-order chi connectivity index (χ1) is 16.6. The van der Waals surface area contributed by atoms with Gasteiger partial charge in [-0.05, 0) is 57.9 Å². The van der Waals surface area contributed by atoms with Crippen LogP contribution in [-0.4, -0.2) is 43.7 Å². The molecular weight excluding hydrogens is 476 g/mol. The summed E-state index contributed by atoms with van der Waals surface area (Å²) in [6, 6.07) is 7.85. The van der Waals surface area contributed by atoms with E-state index in [0.29, 0.717) is 35.9 Å². The third-order valence-electron chi connectivity index (χ3n) is 6.75. The summed E-state index contributed by atoms with van der Waals surface area (Å²) < 4.78 is 29.3. The Kier molecular flexibility index (Phi) is 7.10. The van der Waals surface area contributed by atoms with E-state index in [4.69, 9.17) is 11.6 Å². The van der Waals surface area contributed by atoms with E-state index in [9.17, 15) is 18.7 Å². The van der Waals surface area contributed by atoms with Crippen molar-refractivity contribution in [3.8, 4) is 0 Å². The highest BCUT2D eigenvalue weighted by Crippen LogP contribution is 2.40. The summed E-state index contributed by atoms with van der Waals surface area (Å²) in [5.74, 6) is -0.940. The lowest BCUT2D eigenvalue weighted by molar-refractivity contribution is -0.153. The average molecular weight is 504 g/mol. The first-order valence-electron chi connectivity index (χ1n) is 11.4. The van der Waals surface area contributed by atoms with Crippen molar-refractivity contribution in [1.29, 1.82) is 0 Å². The van der Waals surface area contributed by atoms with E-state index < -0.39 is 23.0 Å². The molecule has 0 bridgehead atoms. The Hall–Kier alpha value is -3.04. The first kappa shape index (κ1) is 25.1. The van der Waals surface area contributed by atoms with Gasteiger partial charge in [0.1, 0.15) is 23.3 Å². The summed E-state index contributed by atoms with van der Waals surface area (Å²) in [6.45, 7) is 6.21. The number of rotatable bonds is 7. The van der Waals surface area contributed by atoms with Gasteiger partial charge < -0.3 is 10.4 Å². The van der Waals surface area contributed by atoms with Crippen molar-refractivity contribution in [2.45, 2.75) is 52.6 Å². The van der Waals surface area contributed by atoms with Crippen LogP contribution in [0.4, 0.5) is 20.4 Å². The number of hydrogen-bond donors (Lipinski definition) is 3. The molecule has 10 heteroatoms. The van der Waals surface area contributed by atoms with Gasteiger partial charge in [-0.3, -0.25) is 14.8 Å². The van der Waals surface area contributed by atoms with Crippen molar-refractivity contribution in [3.63, 3.8) is 0 Å². The monoisotopic (exact) mass is 503 g/mol. The van der Waals surface area contributed by atoms with Crippen molar-refractivity contribution in [2.24, 2.45) is 5.41 Å². The fraction of sp³-hybridized carbons (Fsp3) is 0.400. The second-order valence-electron chi connectivity index (χ2n) is 9.38. The largest absolute Gasteiger partial charge is 0.481 e. The van der Waals surface area contributed by atoms with Gasteiger partial charge in [-0.25, -0.2) is 13.8 Å². The number of aromatic nitrogens is 3. The topological polar surface area (TPSA) is 94.1 Å². The van der Waals surface area contributed by atoms with Crippen molar-refractivity contribution in [2.75, 3.05) is 11.9 Å². The summed E-state index contributed by atoms with van der Waals surface area (Å²) in [5.41, 5.74) is 0.750. The van der Waals surface area contributed by atoms with Crippen LogP contribution in [0, 0.1) is 30.9 Å². The Bertz CT molecular complexity index is 1250.